The molecule has 0 aromatic carbocycles. The van der Waals surface area contributed by atoms with Gasteiger partial charge in [0.05, 0.1) is 11.1 Å². The Morgan fingerprint density at radius 3 is 2.57 bits per heavy atom. The van der Waals surface area contributed by atoms with Crippen molar-refractivity contribution >= 4 is 39.2 Å². The standard InChI is InChI=1S/C21H25N3O2S2/c1-4-11-23(12-5-2)17(25)14-27-21-22-19-18(20(26)24(21)13-6-3)15-9-7-8-10-16(15)28-19/h4-6H,1-3,7-14H2. The van der Waals surface area contributed by atoms with Gasteiger partial charge < -0.3 is 4.90 Å². The minimum Gasteiger partial charge on any atom is -0.335 e. The van der Waals surface area contributed by atoms with E-state index in [1.54, 1.807) is 39.0 Å². The maximum Gasteiger partial charge on any atom is 0.263 e. The summed E-state index contributed by atoms with van der Waals surface area (Å²) in [4.78, 5) is 34.3. The first-order chi connectivity index (χ1) is 13.6. The monoisotopic (exact) mass is 415 g/mol. The Bertz CT molecular complexity index is 964. The highest BCUT2D eigenvalue weighted by Crippen LogP contribution is 2.34. The lowest BCUT2D eigenvalue weighted by molar-refractivity contribution is -0.127. The summed E-state index contributed by atoms with van der Waals surface area (Å²) in [5.41, 5.74) is 1.16. The van der Waals surface area contributed by atoms with Gasteiger partial charge in [-0.3, -0.25) is 14.2 Å². The number of amides is 1. The van der Waals surface area contributed by atoms with E-state index in [2.05, 4.69) is 19.7 Å². The molecule has 2 aromatic heterocycles. The summed E-state index contributed by atoms with van der Waals surface area (Å²) in [5.74, 6) is 0.178. The Kier molecular flexibility index (Phi) is 6.91. The number of aryl methyl sites for hydroxylation is 2. The van der Waals surface area contributed by atoms with Crippen LogP contribution in [0, 0.1) is 0 Å². The molecule has 0 radical (unpaired) electrons. The van der Waals surface area contributed by atoms with Gasteiger partial charge in [0.15, 0.2) is 5.16 Å². The van der Waals surface area contributed by atoms with Crippen molar-refractivity contribution in [1.29, 1.82) is 0 Å². The molecule has 0 saturated heterocycles. The first-order valence-electron chi connectivity index (χ1n) is 9.39. The van der Waals surface area contributed by atoms with E-state index in [0.717, 1.165) is 29.5 Å². The van der Waals surface area contributed by atoms with Crippen molar-refractivity contribution in [3.05, 3.63) is 58.8 Å². The highest BCUT2D eigenvalue weighted by Gasteiger charge is 2.22. The summed E-state index contributed by atoms with van der Waals surface area (Å²) in [7, 11) is 0. The van der Waals surface area contributed by atoms with E-state index in [1.807, 2.05) is 0 Å². The van der Waals surface area contributed by atoms with Gasteiger partial charge in [-0.2, -0.15) is 0 Å². The molecule has 0 bridgehead atoms. The van der Waals surface area contributed by atoms with E-state index in [9.17, 15) is 9.59 Å². The third-order valence-electron chi connectivity index (χ3n) is 4.73. The Hall–Kier alpha value is -2.12. The fourth-order valence-corrected chi connectivity index (χ4v) is 5.64. The van der Waals surface area contributed by atoms with Crippen LogP contribution in [-0.4, -0.2) is 39.2 Å². The Morgan fingerprint density at radius 2 is 1.89 bits per heavy atom. The number of carbonyl (C=O) groups is 1. The average molecular weight is 416 g/mol. The van der Waals surface area contributed by atoms with Crippen LogP contribution in [0.1, 0.15) is 23.3 Å². The van der Waals surface area contributed by atoms with Gasteiger partial charge in [0.2, 0.25) is 5.91 Å². The van der Waals surface area contributed by atoms with Crippen molar-refractivity contribution in [2.75, 3.05) is 18.8 Å². The van der Waals surface area contributed by atoms with Gasteiger partial charge >= 0.3 is 0 Å². The third-order valence-corrected chi connectivity index (χ3v) is 6.87. The van der Waals surface area contributed by atoms with Crippen LogP contribution in [0.3, 0.4) is 0 Å². The van der Waals surface area contributed by atoms with Gasteiger partial charge in [-0.25, -0.2) is 4.98 Å². The molecule has 2 heterocycles. The molecule has 1 amide bonds. The largest absolute Gasteiger partial charge is 0.335 e. The summed E-state index contributed by atoms with van der Waals surface area (Å²) in [6.07, 6.45) is 9.34. The molecule has 0 N–H and O–H groups in total. The van der Waals surface area contributed by atoms with E-state index < -0.39 is 0 Å². The molecular weight excluding hydrogens is 390 g/mol. The lowest BCUT2D eigenvalue weighted by atomic mass is 9.97. The molecule has 0 atom stereocenters. The second kappa shape index (κ2) is 9.39. The van der Waals surface area contributed by atoms with Crippen molar-refractivity contribution in [2.24, 2.45) is 0 Å². The number of aromatic nitrogens is 2. The molecule has 0 unspecified atom stereocenters. The molecule has 0 spiro atoms. The van der Waals surface area contributed by atoms with Crippen LogP contribution in [-0.2, 0) is 24.2 Å². The molecule has 7 heteroatoms. The number of thioether (sulfide) groups is 1. The second-order valence-electron chi connectivity index (χ2n) is 6.65. The summed E-state index contributed by atoms with van der Waals surface area (Å²) >= 11 is 2.93. The average Bonchev–Trinajstić information content (AvgIpc) is 3.07. The van der Waals surface area contributed by atoms with Crippen LogP contribution >= 0.6 is 23.1 Å². The molecule has 0 fully saturated rings. The molecule has 0 saturated carbocycles. The van der Waals surface area contributed by atoms with Crippen molar-refractivity contribution in [3.8, 4) is 0 Å². The van der Waals surface area contributed by atoms with Crippen molar-refractivity contribution in [2.45, 2.75) is 37.4 Å². The van der Waals surface area contributed by atoms with Crippen LogP contribution in [0.25, 0.3) is 10.2 Å². The summed E-state index contributed by atoms with van der Waals surface area (Å²) in [6, 6.07) is 0. The first-order valence-corrected chi connectivity index (χ1v) is 11.2. The molecule has 5 nitrogen and oxygen atoms in total. The number of hydrogen-bond acceptors (Lipinski definition) is 5. The predicted octanol–water partition coefficient (Wildman–Crippen LogP) is 3.82. The Labute approximate surface area is 173 Å². The third kappa shape index (κ3) is 4.15. The number of thiophene rings is 1. The van der Waals surface area contributed by atoms with E-state index in [0.29, 0.717) is 24.8 Å². The Balaban J connectivity index is 1.93. The maximum absolute atomic E-state index is 13.2. The summed E-state index contributed by atoms with van der Waals surface area (Å²) < 4.78 is 1.64. The number of nitrogens with zero attached hydrogens (tertiary/aromatic N) is 3. The SMILES string of the molecule is C=CCN(CC=C)C(=O)CSc1nc2sc3c(c2c(=O)n1CC=C)CCCC3. The molecule has 0 aliphatic heterocycles. The zero-order chi connectivity index (χ0) is 20.1. The molecule has 1 aliphatic rings. The molecule has 3 rings (SSSR count). The normalized spacial score (nSPS) is 13.1. The number of carbonyl (C=O) groups excluding carboxylic acids is 1. The summed E-state index contributed by atoms with van der Waals surface area (Å²) in [5, 5.41) is 1.33. The van der Waals surface area contributed by atoms with Crippen molar-refractivity contribution < 1.29 is 4.79 Å². The fourth-order valence-electron chi connectivity index (χ4n) is 3.43. The smallest absolute Gasteiger partial charge is 0.263 e. The molecule has 28 heavy (non-hydrogen) atoms. The fraction of sp³-hybridized carbons (Fsp3) is 0.381. The number of rotatable bonds is 9. The highest BCUT2D eigenvalue weighted by atomic mass is 32.2. The van der Waals surface area contributed by atoms with E-state index >= 15 is 0 Å². The lowest BCUT2D eigenvalue weighted by Crippen LogP contribution is -2.33. The Morgan fingerprint density at radius 1 is 1.18 bits per heavy atom. The van der Waals surface area contributed by atoms with E-state index in [-0.39, 0.29) is 17.2 Å². The highest BCUT2D eigenvalue weighted by molar-refractivity contribution is 7.99. The topological polar surface area (TPSA) is 55.2 Å². The van der Waals surface area contributed by atoms with Crippen LogP contribution in [0.15, 0.2) is 47.9 Å². The van der Waals surface area contributed by atoms with Gasteiger partial charge in [0.25, 0.3) is 5.56 Å². The maximum atomic E-state index is 13.2. The minimum atomic E-state index is -0.0326. The van der Waals surface area contributed by atoms with Gasteiger partial charge in [-0.15, -0.1) is 31.1 Å². The number of hydrogen-bond donors (Lipinski definition) is 0. The van der Waals surface area contributed by atoms with Crippen molar-refractivity contribution in [3.63, 3.8) is 0 Å². The predicted molar refractivity (Wildman–Crippen MR) is 118 cm³/mol. The molecule has 2 aromatic rings. The van der Waals surface area contributed by atoms with Gasteiger partial charge in [-0.05, 0) is 31.2 Å². The van der Waals surface area contributed by atoms with E-state index in [4.69, 9.17) is 4.98 Å². The molecular formula is C21H25N3O2S2. The molecule has 148 valence electrons. The van der Waals surface area contributed by atoms with E-state index in [1.165, 1.54) is 28.6 Å². The minimum absolute atomic E-state index is 0.0201. The zero-order valence-corrected chi connectivity index (χ0v) is 17.6. The van der Waals surface area contributed by atoms with Crippen molar-refractivity contribution in [1.82, 2.24) is 14.5 Å². The van der Waals surface area contributed by atoms with Crippen LogP contribution in [0.5, 0.6) is 0 Å². The summed E-state index contributed by atoms with van der Waals surface area (Å²) in [6.45, 7) is 12.5. The molecule has 1 aliphatic carbocycles. The quantitative estimate of drug-likeness (QED) is 0.355. The van der Waals surface area contributed by atoms with Gasteiger partial charge in [-0.1, -0.05) is 30.0 Å². The van der Waals surface area contributed by atoms with Gasteiger partial charge in [0, 0.05) is 24.5 Å². The second-order valence-corrected chi connectivity index (χ2v) is 8.68. The lowest BCUT2D eigenvalue weighted by Gasteiger charge is -2.19. The first kappa shape index (κ1) is 20.6. The zero-order valence-electron chi connectivity index (χ0n) is 16.0. The number of fused-ring (bicyclic) bond motifs is 3. The van der Waals surface area contributed by atoms with Crippen LogP contribution < -0.4 is 5.56 Å². The number of allylic oxidation sites excluding steroid dienone is 1. The van der Waals surface area contributed by atoms with Gasteiger partial charge in [0.1, 0.15) is 4.83 Å². The van der Waals surface area contributed by atoms with Crippen LogP contribution in [0.2, 0.25) is 0 Å². The van der Waals surface area contributed by atoms with Crippen LogP contribution in [0.4, 0.5) is 0 Å².